The van der Waals surface area contributed by atoms with E-state index in [2.05, 4.69) is 17.3 Å². The molecule has 1 N–H and O–H groups in total. The zero-order chi connectivity index (χ0) is 18.0. The van der Waals surface area contributed by atoms with Crippen LogP contribution in [-0.2, 0) is 9.84 Å². The van der Waals surface area contributed by atoms with Gasteiger partial charge in [0.1, 0.15) is 4.21 Å². The van der Waals surface area contributed by atoms with Gasteiger partial charge in [-0.15, -0.1) is 11.3 Å². The van der Waals surface area contributed by atoms with Gasteiger partial charge < -0.3 is 10.2 Å². The van der Waals surface area contributed by atoms with Crippen molar-refractivity contribution in [2.24, 2.45) is 0 Å². The maximum absolute atomic E-state index is 12.3. The Bertz CT molecular complexity index is 857. The number of likely N-dealkylation sites (N-methyl/N-ethyl adjacent to an activating group) is 1. The van der Waals surface area contributed by atoms with Crippen molar-refractivity contribution in [3.63, 3.8) is 0 Å². The molecule has 7 heteroatoms. The molecule has 1 amide bonds. The van der Waals surface area contributed by atoms with Crippen molar-refractivity contribution < 1.29 is 13.2 Å². The molecule has 134 valence electrons. The molecule has 1 aromatic heterocycles. The number of carbonyl (C=O) groups is 1. The van der Waals surface area contributed by atoms with Gasteiger partial charge in [-0.1, -0.05) is 19.1 Å². The molecule has 0 unspecified atom stereocenters. The quantitative estimate of drug-likeness (QED) is 0.869. The molecule has 1 aliphatic heterocycles. The van der Waals surface area contributed by atoms with Crippen molar-refractivity contribution in [1.29, 1.82) is 0 Å². The zero-order valence-corrected chi connectivity index (χ0v) is 16.0. The van der Waals surface area contributed by atoms with Crippen molar-refractivity contribution in [1.82, 2.24) is 10.2 Å². The Labute approximate surface area is 152 Å². The summed E-state index contributed by atoms with van der Waals surface area (Å²) in [5.74, 6) is 0.0369. The van der Waals surface area contributed by atoms with Crippen LogP contribution in [0, 0.1) is 0 Å². The third-order valence-electron chi connectivity index (χ3n) is 4.43. The van der Waals surface area contributed by atoms with E-state index < -0.39 is 9.84 Å². The molecule has 0 saturated carbocycles. The van der Waals surface area contributed by atoms with Crippen molar-refractivity contribution >= 4 is 27.1 Å². The molecule has 2 heterocycles. The van der Waals surface area contributed by atoms with Gasteiger partial charge in [0.05, 0.1) is 5.75 Å². The Morgan fingerprint density at radius 3 is 2.56 bits per heavy atom. The first-order valence-electron chi connectivity index (χ1n) is 8.31. The molecule has 25 heavy (non-hydrogen) atoms. The van der Waals surface area contributed by atoms with Gasteiger partial charge in [-0.05, 0) is 49.8 Å². The highest BCUT2D eigenvalue weighted by atomic mass is 32.2. The third-order valence-corrected chi connectivity index (χ3v) is 7.88. The summed E-state index contributed by atoms with van der Waals surface area (Å²) in [6, 6.07) is 11.0. The summed E-state index contributed by atoms with van der Waals surface area (Å²) in [4.78, 5) is 15.4. The second kappa shape index (κ2) is 7.27. The highest BCUT2D eigenvalue weighted by molar-refractivity contribution is 7.93. The number of rotatable bonds is 5. The van der Waals surface area contributed by atoms with Gasteiger partial charge in [-0.2, -0.15) is 0 Å². The van der Waals surface area contributed by atoms with E-state index >= 15 is 0 Å². The average molecular weight is 379 g/mol. The predicted molar refractivity (Wildman–Crippen MR) is 101 cm³/mol. The summed E-state index contributed by atoms with van der Waals surface area (Å²) in [6.45, 7) is 3.53. The molecule has 1 saturated heterocycles. The maximum atomic E-state index is 12.3. The van der Waals surface area contributed by atoms with Crippen LogP contribution < -0.4 is 5.32 Å². The molecule has 1 aliphatic rings. The largest absolute Gasteiger partial charge is 0.348 e. The van der Waals surface area contributed by atoms with Crippen molar-refractivity contribution in [3.05, 3.63) is 42.0 Å². The minimum absolute atomic E-state index is 0.0627. The van der Waals surface area contributed by atoms with Gasteiger partial charge in [0, 0.05) is 23.0 Å². The van der Waals surface area contributed by atoms with Crippen molar-refractivity contribution in [3.8, 4) is 10.4 Å². The summed E-state index contributed by atoms with van der Waals surface area (Å²) >= 11 is 1.26. The highest BCUT2D eigenvalue weighted by Gasteiger charge is 2.21. The molecule has 3 rings (SSSR count). The highest BCUT2D eigenvalue weighted by Crippen LogP contribution is 2.31. The summed E-state index contributed by atoms with van der Waals surface area (Å²) in [7, 11) is -1.12. The fraction of sp³-hybridized carbons (Fsp3) is 0.389. The molecule has 1 atom stereocenters. The first-order valence-corrected chi connectivity index (χ1v) is 10.8. The number of hydrogen-bond acceptors (Lipinski definition) is 5. The fourth-order valence-corrected chi connectivity index (χ4v) is 5.33. The van der Waals surface area contributed by atoms with Crippen LogP contribution in [-0.4, -0.2) is 51.2 Å². The van der Waals surface area contributed by atoms with E-state index in [1.54, 1.807) is 25.1 Å². The molecule has 0 bridgehead atoms. The fourth-order valence-electron chi connectivity index (χ4n) is 2.89. The van der Waals surface area contributed by atoms with Crippen LogP contribution >= 0.6 is 11.3 Å². The lowest BCUT2D eigenvalue weighted by molar-refractivity contribution is 0.0938. The molecule has 0 radical (unpaired) electrons. The molecule has 0 spiro atoms. The van der Waals surface area contributed by atoms with E-state index in [4.69, 9.17) is 0 Å². The number of benzene rings is 1. The number of thiophene rings is 1. The number of sulfone groups is 1. The van der Waals surface area contributed by atoms with Crippen molar-refractivity contribution in [2.75, 3.05) is 25.9 Å². The van der Waals surface area contributed by atoms with Crippen LogP contribution in [0.25, 0.3) is 10.4 Å². The van der Waals surface area contributed by atoms with Gasteiger partial charge in [0.2, 0.25) is 0 Å². The van der Waals surface area contributed by atoms with Crippen LogP contribution in [0.1, 0.15) is 23.7 Å². The van der Waals surface area contributed by atoms with Crippen molar-refractivity contribution in [2.45, 2.75) is 23.6 Å². The lowest BCUT2D eigenvalue weighted by Gasteiger charge is -2.13. The van der Waals surface area contributed by atoms with Crippen LogP contribution in [0.4, 0.5) is 0 Å². The van der Waals surface area contributed by atoms with E-state index in [1.807, 2.05) is 18.2 Å². The number of amides is 1. The van der Waals surface area contributed by atoms with Crippen LogP contribution in [0.5, 0.6) is 0 Å². The second-order valence-corrected chi connectivity index (χ2v) is 9.91. The van der Waals surface area contributed by atoms with E-state index in [0.717, 1.165) is 30.0 Å². The Morgan fingerprint density at radius 2 is 1.96 bits per heavy atom. The molecular formula is C18H22N2O3S2. The average Bonchev–Trinajstić information content (AvgIpc) is 3.25. The zero-order valence-electron chi connectivity index (χ0n) is 14.4. The van der Waals surface area contributed by atoms with Crippen LogP contribution in [0.15, 0.2) is 40.6 Å². The number of likely N-dealkylation sites (tertiary alicyclic amines) is 1. The SMILES string of the molecule is CCS(=O)(=O)c1ccc(-c2ccc(C(=O)N[C@H]3CCN(C)C3)cc2)s1. The van der Waals surface area contributed by atoms with Crippen LogP contribution in [0.2, 0.25) is 0 Å². The van der Waals surface area contributed by atoms with Crippen LogP contribution in [0.3, 0.4) is 0 Å². The van der Waals surface area contributed by atoms with E-state index in [0.29, 0.717) is 9.77 Å². The summed E-state index contributed by atoms with van der Waals surface area (Å²) < 4.78 is 24.2. The predicted octanol–water partition coefficient (Wildman–Crippen LogP) is 2.64. The summed E-state index contributed by atoms with van der Waals surface area (Å²) in [5, 5.41) is 3.06. The second-order valence-electron chi connectivity index (χ2n) is 6.32. The Morgan fingerprint density at radius 1 is 1.24 bits per heavy atom. The molecule has 2 aromatic rings. The lowest BCUT2D eigenvalue weighted by atomic mass is 10.1. The molecule has 1 fully saturated rings. The van der Waals surface area contributed by atoms with Gasteiger partial charge in [0.15, 0.2) is 9.84 Å². The molecule has 5 nitrogen and oxygen atoms in total. The number of carbonyl (C=O) groups excluding carboxylic acids is 1. The topological polar surface area (TPSA) is 66.5 Å². The first-order chi connectivity index (χ1) is 11.9. The minimum Gasteiger partial charge on any atom is -0.348 e. The minimum atomic E-state index is -3.17. The number of nitrogens with zero attached hydrogens (tertiary/aromatic N) is 1. The Hall–Kier alpha value is -1.70. The Balaban J connectivity index is 1.71. The smallest absolute Gasteiger partial charge is 0.251 e. The Kier molecular flexibility index (Phi) is 5.27. The number of hydrogen-bond donors (Lipinski definition) is 1. The van der Waals surface area contributed by atoms with Gasteiger partial charge in [0.25, 0.3) is 5.91 Å². The summed E-state index contributed by atoms with van der Waals surface area (Å²) in [5.41, 5.74) is 1.54. The normalized spacial score (nSPS) is 18.4. The van der Waals surface area contributed by atoms with Gasteiger partial charge in [-0.25, -0.2) is 8.42 Å². The lowest BCUT2D eigenvalue weighted by Crippen LogP contribution is -2.36. The standard InChI is InChI=1S/C18H22N2O3S2/c1-3-25(22,23)17-9-8-16(24-17)13-4-6-14(7-5-13)18(21)19-15-10-11-20(2)12-15/h4-9,15H,3,10-12H2,1-2H3,(H,19,21)/t15-/m0/s1. The van der Waals surface area contributed by atoms with E-state index in [9.17, 15) is 13.2 Å². The summed E-state index contributed by atoms with van der Waals surface area (Å²) in [6.07, 6.45) is 0.976. The van der Waals surface area contributed by atoms with E-state index in [1.165, 1.54) is 11.3 Å². The third kappa shape index (κ3) is 4.11. The number of nitrogens with one attached hydrogen (secondary N) is 1. The first kappa shape index (κ1) is 18.1. The van der Waals surface area contributed by atoms with E-state index in [-0.39, 0.29) is 17.7 Å². The molecule has 1 aromatic carbocycles. The molecular weight excluding hydrogens is 356 g/mol. The van der Waals surface area contributed by atoms with Gasteiger partial charge >= 0.3 is 0 Å². The maximum Gasteiger partial charge on any atom is 0.251 e. The monoisotopic (exact) mass is 378 g/mol. The molecule has 0 aliphatic carbocycles. The van der Waals surface area contributed by atoms with Gasteiger partial charge in [-0.3, -0.25) is 4.79 Å².